The second-order valence-electron chi connectivity index (χ2n) is 10.4. The monoisotopic (exact) mass is 612 g/mol. The van der Waals surface area contributed by atoms with Crippen molar-refractivity contribution >= 4 is 42.6 Å². The van der Waals surface area contributed by atoms with Gasteiger partial charge < -0.3 is 0 Å². The van der Waals surface area contributed by atoms with Crippen LogP contribution in [0.15, 0.2) is 124 Å². The molecule has 6 aromatic carbocycles. The predicted octanol–water partition coefficient (Wildman–Crippen LogP) is 10.7. The third-order valence-electron chi connectivity index (χ3n) is 8.53. The fourth-order valence-corrected chi connectivity index (χ4v) is 7.71. The molecule has 0 fully saturated rings. The van der Waals surface area contributed by atoms with E-state index in [4.69, 9.17) is 0 Å². The molecule has 6 aromatic rings. The van der Waals surface area contributed by atoms with E-state index >= 15 is 0 Å². The van der Waals surface area contributed by atoms with E-state index in [9.17, 15) is 0 Å². The molecular formula is C36H22Br2. The maximum Gasteiger partial charge on any atom is 0.0726 e. The van der Waals surface area contributed by atoms with Crippen molar-refractivity contribution in [2.24, 2.45) is 0 Å². The Morgan fingerprint density at radius 1 is 0.500 bits per heavy atom. The van der Waals surface area contributed by atoms with E-state index in [1.807, 2.05) is 0 Å². The molecule has 8 rings (SSSR count). The van der Waals surface area contributed by atoms with Gasteiger partial charge in [-0.3, -0.25) is 0 Å². The van der Waals surface area contributed by atoms with Crippen LogP contribution in [0.3, 0.4) is 0 Å². The Kier molecular flexibility index (Phi) is 4.75. The molecule has 1 spiro atoms. The van der Waals surface area contributed by atoms with Crippen molar-refractivity contribution in [3.63, 3.8) is 0 Å². The summed E-state index contributed by atoms with van der Waals surface area (Å²) in [7, 11) is 0. The van der Waals surface area contributed by atoms with Gasteiger partial charge in [0.1, 0.15) is 0 Å². The molecule has 180 valence electrons. The summed E-state index contributed by atoms with van der Waals surface area (Å²) < 4.78 is 2.23. The summed E-state index contributed by atoms with van der Waals surface area (Å²) in [5.41, 5.74) is 13.9. The smallest absolute Gasteiger partial charge is 0.0619 e. The highest BCUT2D eigenvalue weighted by Crippen LogP contribution is 2.63. The van der Waals surface area contributed by atoms with Gasteiger partial charge in [0.25, 0.3) is 0 Å². The van der Waals surface area contributed by atoms with E-state index in [0.717, 1.165) is 8.95 Å². The summed E-state index contributed by atoms with van der Waals surface area (Å²) in [5.74, 6) is 0. The zero-order valence-corrected chi connectivity index (χ0v) is 23.9. The van der Waals surface area contributed by atoms with E-state index in [-0.39, 0.29) is 0 Å². The van der Waals surface area contributed by atoms with Crippen molar-refractivity contribution in [2.45, 2.75) is 12.3 Å². The third-order valence-corrected chi connectivity index (χ3v) is 9.88. The summed E-state index contributed by atoms with van der Waals surface area (Å²) in [6.07, 6.45) is 0. The minimum Gasteiger partial charge on any atom is -0.0619 e. The summed E-state index contributed by atoms with van der Waals surface area (Å²) >= 11 is 7.75. The van der Waals surface area contributed by atoms with Gasteiger partial charge in [-0.2, -0.15) is 0 Å². The summed E-state index contributed by atoms with van der Waals surface area (Å²) in [6, 6.07) is 43.1. The van der Waals surface area contributed by atoms with Crippen LogP contribution >= 0.6 is 31.9 Å². The Labute approximate surface area is 239 Å². The molecule has 0 saturated carbocycles. The topological polar surface area (TPSA) is 0 Å². The van der Waals surface area contributed by atoms with Crippen LogP contribution in [0, 0.1) is 6.92 Å². The molecular weight excluding hydrogens is 592 g/mol. The molecule has 0 amide bonds. The largest absolute Gasteiger partial charge is 0.0726 e. The minimum atomic E-state index is -0.462. The van der Waals surface area contributed by atoms with Gasteiger partial charge >= 0.3 is 0 Å². The lowest BCUT2D eigenvalue weighted by Gasteiger charge is -2.35. The highest BCUT2D eigenvalue weighted by molar-refractivity contribution is 9.10. The average molecular weight is 614 g/mol. The summed E-state index contributed by atoms with van der Waals surface area (Å²) in [5, 5.41) is 2.58. The number of aryl methyl sites for hydroxylation is 1. The maximum absolute atomic E-state index is 3.93. The molecule has 2 heteroatoms. The van der Waals surface area contributed by atoms with E-state index in [1.165, 1.54) is 72.0 Å². The SMILES string of the molecule is Cc1cc2c(cc1Br)C1(c3ccc(Br)cc3-c3ccccc3-2)c2ccccc2-c2c1ccc1ccccc21. The van der Waals surface area contributed by atoms with E-state index in [1.54, 1.807) is 0 Å². The average Bonchev–Trinajstić information content (AvgIpc) is 3.21. The predicted molar refractivity (Wildman–Crippen MR) is 166 cm³/mol. The van der Waals surface area contributed by atoms with Gasteiger partial charge in [-0.1, -0.05) is 123 Å². The lowest BCUT2D eigenvalue weighted by Crippen LogP contribution is -2.29. The number of rotatable bonds is 0. The van der Waals surface area contributed by atoms with Crippen molar-refractivity contribution in [2.75, 3.05) is 0 Å². The lowest BCUT2D eigenvalue weighted by atomic mass is 9.65. The maximum atomic E-state index is 3.93. The highest BCUT2D eigenvalue weighted by Gasteiger charge is 2.50. The zero-order chi connectivity index (χ0) is 25.6. The van der Waals surface area contributed by atoms with E-state index in [0.29, 0.717) is 0 Å². The molecule has 0 bridgehead atoms. The van der Waals surface area contributed by atoms with Crippen LogP contribution in [0.1, 0.15) is 27.8 Å². The molecule has 1 atom stereocenters. The molecule has 0 radical (unpaired) electrons. The van der Waals surface area contributed by atoms with Crippen LogP contribution in [0.25, 0.3) is 44.2 Å². The molecule has 38 heavy (non-hydrogen) atoms. The van der Waals surface area contributed by atoms with Gasteiger partial charge in [0.15, 0.2) is 0 Å². The highest BCUT2D eigenvalue weighted by atomic mass is 79.9. The van der Waals surface area contributed by atoms with Crippen LogP contribution in [0.5, 0.6) is 0 Å². The quantitative estimate of drug-likeness (QED) is 0.160. The molecule has 0 heterocycles. The molecule has 2 aliphatic carbocycles. The minimum absolute atomic E-state index is 0.462. The normalized spacial score (nSPS) is 16.4. The molecule has 1 unspecified atom stereocenters. The van der Waals surface area contributed by atoms with Gasteiger partial charge in [0, 0.05) is 8.95 Å². The molecule has 0 N–H and O–H groups in total. The van der Waals surface area contributed by atoms with Crippen LogP contribution in [-0.2, 0) is 5.41 Å². The number of hydrogen-bond donors (Lipinski definition) is 0. The van der Waals surface area contributed by atoms with Crippen molar-refractivity contribution in [3.05, 3.63) is 152 Å². The Morgan fingerprint density at radius 2 is 1.13 bits per heavy atom. The Hall–Kier alpha value is -3.46. The summed E-state index contributed by atoms with van der Waals surface area (Å²) in [6.45, 7) is 2.19. The number of hydrogen-bond acceptors (Lipinski definition) is 0. The van der Waals surface area contributed by atoms with Crippen LogP contribution in [0.4, 0.5) is 0 Å². The first-order chi connectivity index (χ1) is 18.6. The Morgan fingerprint density at radius 3 is 1.95 bits per heavy atom. The first-order valence-corrected chi connectivity index (χ1v) is 14.5. The van der Waals surface area contributed by atoms with E-state index < -0.39 is 5.41 Å². The van der Waals surface area contributed by atoms with E-state index in [2.05, 4.69) is 154 Å². The second kappa shape index (κ2) is 8.02. The fraction of sp³-hybridized carbons (Fsp3) is 0.0556. The van der Waals surface area contributed by atoms with Crippen LogP contribution in [0.2, 0.25) is 0 Å². The van der Waals surface area contributed by atoms with Crippen LogP contribution < -0.4 is 0 Å². The van der Waals surface area contributed by atoms with Gasteiger partial charge in [0.05, 0.1) is 5.41 Å². The molecule has 0 aromatic heterocycles. The Bertz CT molecular complexity index is 1970. The number of fused-ring (bicyclic) bond motifs is 14. The first-order valence-electron chi connectivity index (χ1n) is 12.9. The van der Waals surface area contributed by atoms with Crippen molar-refractivity contribution in [1.29, 1.82) is 0 Å². The number of benzene rings is 6. The van der Waals surface area contributed by atoms with Gasteiger partial charge in [0.2, 0.25) is 0 Å². The standard InChI is InChI=1S/C36H22Br2/c1-21-18-28-25-10-4-5-11-26(25)29-19-23(37)15-17-31(29)36(33(28)20-34(21)38)30-13-7-6-12-27(30)35-24-9-3-2-8-22(24)14-16-32(35)36/h2-20H,1H3. The van der Waals surface area contributed by atoms with Crippen molar-refractivity contribution < 1.29 is 0 Å². The lowest BCUT2D eigenvalue weighted by molar-refractivity contribution is 0.774. The fourth-order valence-electron chi connectivity index (χ4n) is 7.01. The first kappa shape index (κ1) is 22.5. The van der Waals surface area contributed by atoms with Gasteiger partial charge in [-0.15, -0.1) is 0 Å². The summed E-state index contributed by atoms with van der Waals surface area (Å²) in [4.78, 5) is 0. The molecule has 0 saturated heterocycles. The molecule has 2 aliphatic rings. The van der Waals surface area contributed by atoms with Gasteiger partial charge in [-0.25, -0.2) is 0 Å². The van der Waals surface area contributed by atoms with Crippen molar-refractivity contribution in [3.8, 4) is 33.4 Å². The second-order valence-corrected chi connectivity index (χ2v) is 12.2. The zero-order valence-electron chi connectivity index (χ0n) is 20.7. The third kappa shape index (κ3) is 2.80. The van der Waals surface area contributed by atoms with Crippen LogP contribution in [-0.4, -0.2) is 0 Å². The Balaban J connectivity index is 1.68. The van der Waals surface area contributed by atoms with Crippen molar-refractivity contribution in [1.82, 2.24) is 0 Å². The van der Waals surface area contributed by atoms with Gasteiger partial charge in [-0.05, 0) is 103 Å². The molecule has 0 nitrogen and oxygen atoms in total. The number of halogens is 2. The molecule has 0 aliphatic heterocycles.